The van der Waals surface area contributed by atoms with Gasteiger partial charge in [-0.3, -0.25) is 0 Å². The Hall–Kier alpha value is -1.85. The monoisotopic (exact) mass is 344 g/mol. The third-order valence-electron chi connectivity index (χ3n) is 2.66. The van der Waals surface area contributed by atoms with Crippen molar-refractivity contribution in [3.63, 3.8) is 0 Å². The Bertz CT molecular complexity index is 558. The number of hydrogen-bond acceptors (Lipinski definition) is 2. The van der Waals surface area contributed by atoms with E-state index in [0.717, 1.165) is 11.1 Å². The van der Waals surface area contributed by atoms with Crippen molar-refractivity contribution in [1.82, 2.24) is 0 Å². The molecule has 0 atom stereocenters. The number of halogens is 1. The molecule has 2 nitrogen and oxygen atoms in total. The number of alkyl halides is 1. The summed E-state index contributed by atoms with van der Waals surface area (Å²) in [4.78, 5) is 0. The molecule has 86 valence electrons. The van der Waals surface area contributed by atoms with E-state index in [1.165, 1.54) is 0 Å². The van der Waals surface area contributed by atoms with Gasteiger partial charge in [-0.05, 0) is 35.4 Å². The Morgan fingerprint density at radius 3 is 1.33 bits per heavy atom. The summed E-state index contributed by atoms with van der Waals surface area (Å²) in [6.45, 7) is 0. The van der Waals surface area contributed by atoms with E-state index in [1.54, 1.807) is 0 Å². The predicted molar refractivity (Wildman–Crippen MR) is 78.2 cm³/mol. The van der Waals surface area contributed by atoms with Gasteiger partial charge in [-0.25, -0.2) is 0 Å². The molecule has 18 heavy (non-hydrogen) atoms. The summed E-state index contributed by atoms with van der Waals surface area (Å²) in [6, 6.07) is 19.4. The summed E-state index contributed by atoms with van der Waals surface area (Å²) in [5, 5.41) is 17.5. The van der Waals surface area contributed by atoms with Crippen molar-refractivity contribution in [3.05, 3.63) is 70.8 Å². The van der Waals surface area contributed by atoms with Crippen LogP contribution in [-0.2, 0) is 0 Å². The highest BCUT2D eigenvalue weighted by molar-refractivity contribution is 14.1. The summed E-state index contributed by atoms with van der Waals surface area (Å²) in [5.74, 6) is 0. The van der Waals surface area contributed by atoms with Crippen LogP contribution in [0.3, 0.4) is 0 Å². The smallest absolute Gasteiger partial charge is 0.0991 e. The van der Waals surface area contributed by atoms with Gasteiger partial charge in [0.1, 0.15) is 0 Å². The molecule has 0 heterocycles. The van der Waals surface area contributed by atoms with Crippen LogP contribution in [0.15, 0.2) is 48.5 Å². The lowest BCUT2D eigenvalue weighted by Crippen LogP contribution is -1.92. The molecule has 0 aliphatic heterocycles. The van der Waals surface area contributed by atoms with Gasteiger partial charge in [-0.15, -0.1) is 0 Å². The topological polar surface area (TPSA) is 47.6 Å². The van der Waals surface area contributed by atoms with Crippen molar-refractivity contribution in [1.29, 1.82) is 10.5 Å². The lowest BCUT2D eigenvalue weighted by Gasteiger charge is -2.10. The average molecular weight is 344 g/mol. The van der Waals surface area contributed by atoms with Gasteiger partial charge in [0.15, 0.2) is 0 Å². The molecule has 2 aromatic carbocycles. The minimum atomic E-state index is 0.225. The first kappa shape index (κ1) is 12.6. The highest BCUT2D eigenvalue weighted by atomic mass is 127. The first-order valence-electron chi connectivity index (χ1n) is 5.39. The van der Waals surface area contributed by atoms with Crippen LogP contribution < -0.4 is 0 Å². The Balaban J connectivity index is 2.27. The van der Waals surface area contributed by atoms with Gasteiger partial charge < -0.3 is 0 Å². The van der Waals surface area contributed by atoms with Crippen LogP contribution in [0, 0.1) is 22.7 Å². The van der Waals surface area contributed by atoms with Crippen molar-refractivity contribution in [3.8, 4) is 12.1 Å². The van der Waals surface area contributed by atoms with Gasteiger partial charge in [-0.2, -0.15) is 10.5 Å². The molecule has 0 saturated carbocycles. The van der Waals surface area contributed by atoms with Crippen molar-refractivity contribution in [2.24, 2.45) is 0 Å². The van der Waals surface area contributed by atoms with Crippen LogP contribution >= 0.6 is 22.6 Å². The number of hydrogen-bond donors (Lipinski definition) is 0. The molecule has 0 saturated heterocycles. The predicted octanol–water partition coefficient (Wildman–Crippen LogP) is 3.95. The molecule has 0 aromatic heterocycles. The van der Waals surface area contributed by atoms with E-state index in [-0.39, 0.29) is 3.92 Å². The second-order valence-corrected chi connectivity index (χ2v) is 5.08. The van der Waals surface area contributed by atoms with E-state index >= 15 is 0 Å². The Morgan fingerprint density at radius 2 is 1.06 bits per heavy atom. The van der Waals surface area contributed by atoms with Crippen molar-refractivity contribution >= 4 is 22.6 Å². The Kier molecular flexibility index (Phi) is 3.96. The van der Waals surface area contributed by atoms with Crippen molar-refractivity contribution in [2.45, 2.75) is 3.92 Å². The maximum atomic E-state index is 8.76. The molecule has 0 aliphatic carbocycles. The summed E-state index contributed by atoms with van der Waals surface area (Å²) < 4.78 is 0.225. The van der Waals surface area contributed by atoms with Crippen LogP contribution in [0.5, 0.6) is 0 Å². The molecule has 0 unspecified atom stereocenters. The van der Waals surface area contributed by atoms with Crippen LogP contribution in [0.4, 0.5) is 0 Å². The van der Waals surface area contributed by atoms with Gasteiger partial charge in [0.2, 0.25) is 0 Å². The van der Waals surface area contributed by atoms with Gasteiger partial charge >= 0.3 is 0 Å². The maximum Gasteiger partial charge on any atom is 0.0991 e. The highest BCUT2D eigenvalue weighted by Gasteiger charge is 2.09. The van der Waals surface area contributed by atoms with Crippen LogP contribution in [0.2, 0.25) is 0 Å². The molecule has 2 rings (SSSR count). The molecule has 0 amide bonds. The zero-order valence-electron chi connectivity index (χ0n) is 9.47. The minimum absolute atomic E-state index is 0.225. The van der Waals surface area contributed by atoms with Gasteiger partial charge in [0.25, 0.3) is 0 Å². The van der Waals surface area contributed by atoms with Gasteiger partial charge in [0, 0.05) is 0 Å². The quantitative estimate of drug-likeness (QED) is 0.612. The molecule has 0 N–H and O–H groups in total. The SMILES string of the molecule is N#Cc1ccc(C(I)c2ccc(C#N)cc2)cc1. The maximum absolute atomic E-state index is 8.76. The third kappa shape index (κ3) is 2.69. The molecular weight excluding hydrogens is 335 g/mol. The molecular formula is C15H9IN2. The van der Waals surface area contributed by atoms with E-state index in [9.17, 15) is 0 Å². The highest BCUT2D eigenvalue weighted by Crippen LogP contribution is 2.31. The summed E-state index contributed by atoms with van der Waals surface area (Å²) in [5.41, 5.74) is 3.64. The van der Waals surface area contributed by atoms with Gasteiger partial charge in [-0.1, -0.05) is 46.9 Å². The zero-order chi connectivity index (χ0) is 13.0. The molecule has 0 radical (unpaired) electrons. The number of nitriles is 2. The lowest BCUT2D eigenvalue weighted by atomic mass is 10.0. The van der Waals surface area contributed by atoms with Crippen molar-refractivity contribution < 1.29 is 0 Å². The third-order valence-corrected chi connectivity index (χ3v) is 4.10. The second kappa shape index (κ2) is 5.66. The van der Waals surface area contributed by atoms with E-state index in [0.29, 0.717) is 11.1 Å². The number of nitrogens with zero attached hydrogens (tertiary/aromatic N) is 2. The fraction of sp³-hybridized carbons (Fsp3) is 0.0667. The summed E-state index contributed by atoms with van der Waals surface area (Å²) >= 11 is 2.36. The first-order chi connectivity index (χ1) is 8.74. The van der Waals surface area contributed by atoms with E-state index in [4.69, 9.17) is 10.5 Å². The van der Waals surface area contributed by atoms with Crippen LogP contribution in [0.25, 0.3) is 0 Å². The molecule has 2 aromatic rings. The summed E-state index contributed by atoms with van der Waals surface area (Å²) in [7, 11) is 0. The average Bonchev–Trinajstić information content (AvgIpc) is 2.47. The standard InChI is InChI=1S/C15H9IN2/c16-15(13-5-1-11(9-17)2-6-13)14-7-3-12(10-18)4-8-14/h1-8,15H. The Labute approximate surface area is 120 Å². The van der Waals surface area contributed by atoms with E-state index < -0.39 is 0 Å². The molecule has 0 bridgehead atoms. The molecule has 0 aliphatic rings. The lowest BCUT2D eigenvalue weighted by molar-refractivity contribution is 1.19. The van der Waals surface area contributed by atoms with Crippen molar-refractivity contribution in [2.75, 3.05) is 0 Å². The second-order valence-electron chi connectivity index (χ2n) is 3.83. The minimum Gasteiger partial charge on any atom is -0.192 e. The number of benzene rings is 2. The normalized spacial score (nSPS) is 9.78. The van der Waals surface area contributed by atoms with Crippen LogP contribution in [0.1, 0.15) is 26.2 Å². The summed E-state index contributed by atoms with van der Waals surface area (Å²) in [6.07, 6.45) is 0. The molecule has 0 fully saturated rings. The van der Waals surface area contributed by atoms with E-state index in [2.05, 4.69) is 34.7 Å². The molecule has 0 spiro atoms. The fourth-order valence-corrected chi connectivity index (χ4v) is 2.48. The largest absolute Gasteiger partial charge is 0.192 e. The van der Waals surface area contributed by atoms with Gasteiger partial charge in [0.05, 0.1) is 27.2 Å². The number of rotatable bonds is 2. The fourth-order valence-electron chi connectivity index (χ4n) is 1.65. The first-order valence-corrected chi connectivity index (χ1v) is 6.63. The van der Waals surface area contributed by atoms with Crippen LogP contribution in [-0.4, -0.2) is 0 Å². The Morgan fingerprint density at radius 1 is 0.722 bits per heavy atom. The van der Waals surface area contributed by atoms with E-state index in [1.807, 2.05) is 48.5 Å². The zero-order valence-corrected chi connectivity index (χ0v) is 11.6. The molecule has 3 heteroatoms.